The molecule has 2 aromatic rings. The molecule has 2 rings (SSSR count). The molecule has 0 saturated carbocycles. The average Bonchev–Trinajstić information content (AvgIpc) is 3.07. The van der Waals surface area contributed by atoms with Crippen molar-refractivity contribution in [3.8, 4) is 17.6 Å². The number of hydrogen-bond donors (Lipinski definition) is 1. The number of aliphatic hydroxyl groups excluding tert-OH is 1. The summed E-state index contributed by atoms with van der Waals surface area (Å²) in [5.41, 5.74) is 0.489. The number of benzene rings is 1. The van der Waals surface area contributed by atoms with E-state index in [1.54, 1.807) is 36.6 Å². The molecule has 0 saturated heterocycles. The lowest BCUT2D eigenvalue weighted by molar-refractivity contribution is 0.000438. The molecule has 1 N–H and O–H groups in total. The van der Waals surface area contributed by atoms with Crippen LogP contribution in [0.25, 0.3) is 0 Å². The molecule has 23 heavy (non-hydrogen) atoms. The topological polar surface area (TPSA) is 84.9 Å². The molecule has 6 heteroatoms. The summed E-state index contributed by atoms with van der Waals surface area (Å²) in [6.45, 7) is 2.79. The van der Waals surface area contributed by atoms with Gasteiger partial charge in [-0.25, -0.2) is 0 Å². The van der Waals surface area contributed by atoms with Crippen LogP contribution in [-0.4, -0.2) is 31.0 Å². The Bertz CT molecular complexity index is 633. The first-order valence-corrected chi connectivity index (χ1v) is 7.31. The second kappa shape index (κ2) is 8.83. The number of hydrogen-bond acceptors (Lipinski definition) is 6. The van der Waals surface area contributed by atoms with Gasteiger partial charge in [0, 0.05) is 6.07 Å². The highest BCUT2D eigenvalue weighted by molar-refractivity contribution is 5.46. The van der Waals surface area contributed by atoms with Crippen molar-refractivity contribution in [1.82, 2.24) is 0 Å². The largest absolute Gasteiger partial charge is 0.490 e. The lowest BCUT2D eigenvalue weighted by atomic mass is 10.2. The van der Waals surface area contributed by atoms with Crippen LogP contribution >= 0.6 is 0 Å². The second-order valence-corrected chi connectivity index (χ2v) is 4.77. The molecular weight excluding hydrogens is 298 g/mol. The standard InChI is InChI=1S/C17H19NO5/c1-2-21-17-8-13(9-18)5-6-16(17)23-11-14(19)10-20-12-15-4-3-7-22-15/h3-8,14,19H,2,10-12H2,1H3. The van der Waals surface area contributed by atoms with E-state index < -0.39 is 6.10 Å². The van der Waals surface area contributed by atoms with Gasteiger partial charge in [0.25, 0.3) is 0 Å². The van der Waals surface area contributed by atoms with Crippen LogP contribution in [0.3, 0.4) is 0 Å². The lowest BCUT2D eigenvalue weighted by Crippen LogP contribution is -2.23. The highest BCUT2D eigenvalue weighted by atomic mass is 16.5. The quantitative estimate of drug-likeness (QED) is 0.765. The third kappa shape index (κ3) is 5.33. The van der Waals surface area contributed by atoms with Gasteiger partial charge in [0.1, 0.15) is 25.1 Å². The van der Waals surface area contributed by atoms with E-state index >= 15 is 0 Å². The van der Waals surface area contributed by atoms with Gasteiger partial charge in [-0.05, 0) is 31.2 Å². The van der Waals surface area contributed by atoms with Crippen molar-refractivity contribution in [2.24, 2.45) is 0 Å². The van der Waals surface area contributed by atoms with Crippen molar-refractivity contribution in [2.75, 3.05) is 19.8 Å². The SMILES string of the molecule is CCOc1cc(C#N)ccc1OCC(O)COCc1ccco1. The van der Waals surface area contributed by atoms with Gasteiger partial charge in [0.05, 0.1) is 31.1 Å². The summed E-state index contributed by atoms with van der Waals surface area (Å²) in [4.78, 5) is 0. The van der Waals surface area contributed by atoms with Gasteiger partial charge < -0.3 is 23.7 Å². The molecule has 122 valence electrons. The fourth-order valence-corrected chi connectivity index (χ4v) is 1.89. The smallest absolute Gasteiger partial charge is 0.162 e. The summed E-state index contributed by atoms with van der Waals surface area (Å²) in [5, 5.41) is 18.8. The van der Waals surface area contributed by atoms with Gasteiger partial charge in [-0.3, -0.25) is 0 Å². The van der Waals surface area contributed by atoms with Crippen molar-refractivity contribution >= 4 is 0 Å². The van der Waals surface area contributed by atoms with Crippen LogP contribution in [0.5, 0.6) is 11.5 Å². The maximum absolute atomic E-state index is 9.89. The minimum atomic E-state index is -0.782. The molecule has 0 fully saturated rings. The lowest BCUT2D eigenvalue weighted by Gasteiger charge is -2.15. The van der Waals surface area contributed by atoms with Crippen LogP contribution in [0, 0.1) is 11.3 Å². The van der Waals surface area contributed by atoms with Gasteiger partial charge >= 0.3 is 0 Å². The van der Waals surface area contributed by atoms with Crippen LogP contribution in [0.1, 0.15) is 18.2 Å². The van der Waals surface area contributed by atoms with Crippen LogP contribution in [0.15, 0.2) is 41.0 Å². The Hall–Kier alpha value is -2.49. The molecule has 0 radical (unpaired) electrons. The Morgan fingerprint density at radius 3 is 2.78 bits per heavy atom. The molecule has 0 aliphatic heterocycles. The summed E-state index contributed by atoms with van der Waals surface area (Å²) in [5.74, 6) is 1.66. The molecule has 1 aromatic carbocycles. The molecule has 1 atom stereocenters. The predicted molar refractivity (Wildman–Crippen MR) is 82.2 cm³/mol. The first-order chi connectivity index (χ1) is 11.2. The van der Waals surface area contributed by atoms with Crippen molar-refractivity contribution < 1.29 is 23.7 Å². The van der Waals surface area contributed by atoms with Crippen molar-refractivity contribution in [3.05, 3.63) is 47.9 Å². The molecule has 0 spiro atoms. The molecular formula is C17H19NO5. The zero-order chi connectivity index (χ0) is 16.5. The van der Waals surface area contributed by atoms with Gasteiger partial charge in [0.2, 0.25) is 0 Å². The summed E-state index contributed by atoms with van der Waals surface area (Å²) < 4.78 is 21.5. The average molecular weight is 317 g/mol. The monoisotopic (exact) mass is 317 g/mol. The number of nitrogens with zero attached hydrogens (tertiary/aromatic N) is 1. The Balaban J connectivity index is 1.81. The molecule has 0 amide bonds. The van der Waals surface area contributed by atoms with Crippen LogP contribution in [-0.2, 0) is 11.3 Å². The highest BCUT2D eigenvalue weighted by Crippen LogP contribution is 2.28. The molecule has 0 aliphatic carbocycles. The number of ether oxygens (including phenoxy) is 3. The Labute approximate surface area is 134 Å². The van der Waals surface area contributed by atoms with E-state index in [0.29, 0.717) is 36.0 Å². The number of furan rings is 1. The Kier molecular flexibility index (Phi) is 6.48. The minimum Gasteiger partial charge on any atom is -0.490 e. The van der Waals surface area contributed by atoms with E-state index in [1.807, 2.05) is 13.0 Å². The van der Waals surface area contributed by atoms with E-state index in [9.17, 15) is 5.11 Å². The number of nitriles is 1. The fraction of sp³-hybridized carbons (Fsp3) is 0.353. The zero-order valence-electron chi connectivity index (χ0n) is 12.9. The second-order valence-electron chi connectivity index (χ2n) is 4.77. The van der Waals surface area contributed by atoms with Gasteiger partial charge in [-0.15, -0.1) is 0 Å². The normalized spacial score (nSPS) is 11.7. The minimum absolute atomic E-state index is 0.0597. The van der Waals surface area contributed by atoms with E-state index in [4.69, 9.17) is 23.9 Å². The summed E-state index contributed by atoms with van der Waals surface area (Å²) in [6, 6.07) is 10.5. The number of aliphatic hydroxyl groups is 1. The molecule has 0 aliphatic rings. The summed E-state index contributed by atoms with van der Waals surface area (Å²) in [6.07, 6.45) is 0.786. The Morgan fingerprint density at radius 1 is 1.22 bits per heavy atom. The van der Waals surface area contributed by atoms with E-state index in [0.717, 1.165) is 0 Å². The van der Waals surface area contributed by atoms with Crippen molar-refractivity contribution in [2.45, 2.75) is 19.6 Å². The van der Waals surface area contributed by atoms with Gasteiger partial charge in [0.15, 0.2) is 11.5 Å². The summed E-state index contributed by atoms with van der Waals surface area (Å²) >= 11 is 0. The van der Waals surface area contributed by atoms with Crippen LogP contribution in [0.2, 0.25) is 0 Å². The highest BCUT2D eigenvalue weighted by Gasteiger charge is 2.10. The van der Waals surface area contributed by atoms with Gasteiger partial charge in [-0.2, -0.15) is 5.26 Å². The maximum Gasteiger partial charge on any atom is 0.162 e. The molecule has 1 aromatic heterocycles. The third-order valence-electron chi connectivity index (χ3n) is 2.94. The fourth-order valence-electron chi connectivity index (χ4n) is 1.89. The van der Waals surface area contributed by atoms with Crippen LogP contribution in [0.4, 0.5) is 0 Å². The summed E-state index contributed by atoms with van der Waals surface area (Å²) in [7, 11) is 0. The van der Waals surface area contributed by atoms with Crippen molar-refractivity contribution in [1.29, 1.82) is 5.26 Å². The molecule has 1 unspecified atom stereocenters. The van der Waals surface area contributed by atoms with E-state index in [1.165, 1.54) is 0 Å². The predicted octanol–water partition coefficient (Wildman–Crippen LogP) is 2.51. The Morgan fingerprint density at radius 2 is 2.09 bits per heavy atom. The first-order valence-electron chi connectivity index (χ1n) is 7.31. The van der Waals surface area contributed by atoms with Gasteiger partial charge in [-0.1, -0.05) is 0 Å². The maximum atomic E-state index is 9.89. The molecule has 0 bridgehead atoms. The third-order valence-corrected chi connectivity index (χ3v) is 2.94. The van der Waals surface area contributed by atoms with E-state index in [2.05, 4.69) is 0 Å². The molecule has 6 nitrogen and oxygen atoms in total. The number of rotatable bonds is 9. The van der Waals surface area contributed by atoms with Crippen molar-refractivity contribution in [3.63, 3.8) is 0 Å². The molecule has 1 heterocycles. The van der Waals surface area contributed by atoms with E-state index in [-0.39, 0.29) is 13.2 Å². The zero-order valence-corrected chi connectivity index (χ0v) is 12.9. The van der Waals surface area contributed by atoms with Crippen LogP contribution < -0.4 is 9.47 Å². The first kappa shape index (κ1) is 16.9.